The van der Waals surface area contributed by atoms with Crippen LogP contribution < -0.4 is 0 Å². The molecule has 2 atom stereocenters. The van der Waals surface area contributed by atoms with Crippen molar-refractivity contribution in [2.75, 3.05) is 0 Å². The molecule has 2 unspecified atom stereocenters. The Kier molecular flexibility index (Phi) is 4.52. The van der Waals surface area contributed by atoms with Gasteiger partial charge in [0.05, 0.1) is 0 Å². The molecule has 15 heavy (non-hydrogen) atoms. The van der Waals surface area contributed by atoms with Crippen molar-refractivity contribution in [3.05, 3.63) is 35.4 Å². The maximum absolute atomic E-state index is 13.4. The number of benzene rings is 1. The Morgan fingerprint density at radius 2 is 2.00 bits per heavy atom. The summed E-state index contributed by atoms with van der Waals surface area (Å²) >= 11 is 6.10. The molecule has 0 aliphatic rings. The van der Waals surface area contributed by atoms with Crippen LogP contribution in [0.3, 0.4) is 0 Å². The van der Waals surface area contributed by atoms with E-state index in [9.17, 15) is 8.78 Å². The first kappa shape index (κ1) is 12.4. The predicted octanol–water partition coefficient (Wildman–Crippen LogP) is 4.48. The number of halogens is 3. The molecule has 0 radical (unpaired) electrons. The zero-order valence-corrected chi connectivity index (χ0v) is 9.69. The minimum Gasteiger partial charge on any atom is -0.207 e. The standard InChI is InChI=1S/C12H15ClF2/c1-3-4-11(13)8(2)10-7-9(14)5-6-12(10)15/h5-8,11H,3-4H2,1-2H3. The van der Waals surface area contributed by atoms with E-state index >= 15 is 0 Å². The van der Waals surface area contributed by atoms with Crippen LogP contribution in [0.2, 0.25) is 0 Å². The zero-order chi connectivity index (χ0) is 11.4. The molecule has 1 aromatic carbocycles. The molecule has 84 valence electrons. The third kappa shape index (κ3) is 3.16. The van der Waals surface area contributed by atoms with E-state index in [-0.39, 0.29) is 17.1 Å². The van der Waals surface area contributed by atoms with Crippen LogP contribution in [0.15, 0.2) is 18.2 Å². The van der Waals surface area contributed by atoms with Gasteiger partial charge in [0.2, 0.25) is 0 Å². The number of hydrogen-bond donors (Lipinski definition) is 0. The lowest BCUT2D eigenvalue weighted by Gasteiger charge is -2.18. The van der Waals surface area contributed by atoms with Crippen molar-refractivity contribution >= 4 is 11.6 Å². The second-order valence-corrected chi connectivity index (χ2v) is 4.32. The van der Waals surface area contributed by atoms with Gasteiger partial charge in [-0.15, -0.1) is 11.6 Å². The largest absolute Gasteiger partial charge is 0.207 e. The summed E-state index contributed by atoms with van der Waals surface area (Å²) < 4.78 is 26.3. The minimum absolute atomic E-state index is 0.147. The van der Waals surface area contributed by atoms with Gasteiger partial charge in [0, 0.05) is 11.3 Å². The van der Waals surface area contributed by atoms with E-state index in [1.54, 1.807) is 0 Å². The maximum Gasteiger partial charge on any atom is 0.126 e. The lowest BCUT2D eigenvalue weighted by atomic mass is 9.94. The molecular weight excluding hydrogens is 218 g/mol. The fraction of sp³-hybridized carbons (Fsp3) is 0.500. The molecule has 0 heterocycles. The summed E-state index contributed by atoms with van der Waals surface area (Å²) in [5.74, 6) is -0.966. The molecule has 1 rings (SSSR count). The minimum atomic E-state index is -0.418. The van der Waals surface area contributed by atoms with E-state index in [1.165, 1.54) is 6.07 Å². The Hall–Kier alpha value is -0.630. The van der Waals surface area contributed by atoms with Gasteiger partial charge < -0.3 is 0 Å². The highest BCUT2D eigenvalue weighted by Gasteiger charge is 2.19. The Morgan fingerprint density at radius 1 is 1.33 bits per heavy atom. The van der Waals surface area contributed by atoms with Crippen molar-refractivity contribution in [1.82, 2.24) is 0 Å². The van der Waals surface area contributed by atoms with Gasteiger partial charge >= 0.3 is 0 Å². The van der Waals surface area contributed by atoms with Gasteiger partial charge in [-0.2, -0.15) is 0 Å². The van der Waals surface area contributed by atoms with Gasteiger partial charge in [-0.25, -0.2) is 8.78 Å². The van der Waals surface area contributed by atoms with Crippen molar-refractivity contribution in [3.63, 3.8) is 0 Å². The molecule has 0 saturated carbocycles. The molecule has 0 saturated heterocycles. The fourth-order valence-electron chi connectivity index (χ4n) is 1.58. The number of hydrogen-bond acceptors (Lipinski definition) is 0. The van der Waals surface area contributed by atoms with Crippen molar-refractivity contribution in [1.29, 1.82) is 0 Å². The molecule has 0 nitrogen and oxygen atoms in total. The highest BCUT2D eigenvalue weighted by molar-refractivity contribution is 6.21. The lowest BCUT2D eigenvalue weighted by molar-refractivity contribution is 0.549. The molecule has 0 aromatic heterocycles. The third-order valence-corrected chi connectivity index (χ3v) is 3.15. The van der Waals surface area contributed by atoms with Gasteiger partial charge in [0.1, 0.15) is 11.6 Å². The quantitative estimate of drug-likeness (QED) is 0.672. The average Bonchev–Trinajstić information content (AvgIpc) is 2.21. The van der Waals surface area contributed by atoms with Crippen molar-refractivity contribution in [2.45, 2.75) is 38.0 Å². The van der Waals surface area contributed by atoms with Gasteiger partial charge in [0.25, 0.3) is 0 Å². The summed E-state index contributed by atoms with van der Waals surface area (Å²) in [5, 5.41) is -0.147. The lowest BCUT2D eigenvalue weighted by Crippen LogP contribution is -2.11. The van der Waals surface area contributed by atoms with Gasteiger partial charge in [-0.1, -0.05) is 20.3 Å². The molecule has 0 fully saturated rings. The summed E-state index contributed by atoms with van der Waals surface area (Å²) in [6.07, 6.45) is 1.74. The van der Waals surface area contributed by atoms with Crippen LogP contribution in [-0.2, 0) is 0 Å². The van der Waals surface area contributed by atoms with E-state index in [4.69, 9.17) is 11.6 Å². The van der Waals surface area contributed by atoms with E-state index in [0.717, 1.165) is 25.0 Å². The molecule has 0 aliphatic carbocycles. The van der Waals surface area contributed by atoms with Crippen LogP contribution in [0.25, 0.3) is 0 Å². The van der Waals surface area contributed by atoms with Crippen molar-refractivity contribution in [3.8, 4) is 0 Å². The molecule has 0 N–H and O–H groups in total. The van der Waals surface area contributed by atoms with Crippen LogP contribution >= 0.6 is 11.6 Å². The van der Waals surface area contributed by atoms with Crippen LogP contribution in [0.4, 0.5) is 8.78 Å². The molecular formula is C12H15ClF2. The van der Waals surface area contributed by atoms with Gasteiger partial charge in [-0.05, 0) is 30.2 Å². The van der Waals surface area contributed by atoms with E-state index < -0.39 is 5.82 Å². The highest BCUT2D eigenvalue weighted by Crippen LogP contribution is 2.28. The van der Waals surface area contributed by atoms with E-state index in [0.29, 0.717) is 5.56 Å². The second kappa shape index (κ2) is 5.45. The number of rotatable bonds is 4. The maximum atomic E-state index is 13.4. The Morgan fingerprint density at radius 3 is 2.60 bits per heavy atom. The monoisotopic (exact) mass is 232 g/mol. The smallest absolute Gasteiger partial charge is 0.126 e. The molecule has 3 heteroatoms. The van der Waals surface area contributed by atoms with Crippen molar-refractivity contribution in [2.24, 2.45) is 0 Å². The summed E-state index contributed by atoms with van der Waals surface area (Å²) in [5.41, 5.74) is 0.364. The second-order valence-electron chi connectivity index (χ2n) is 3.76. The average molecular weight is 233 g/mol. The molecule has 0 spiro atoms. The SMILES string of the molecule is CCCC(Cl)C(C)c1cc(F)ccc1F. The van der Waals surface area contributed by atoms with Crippen LogP contribution in [0, 0.1) is 11.6 Å². The third-order valence-electron chi connectivity index (χ3n) is 2.56. The van der Waals surface area contributed by atoms with E-state index in [2.05, 4.69) is 0 Å². The van der Waals surface area contributed by atoms with Crippen LogP contribution in [0.5, 0.6) is 0 Å². The predicted molar refractivity (Wildman–Crippen MR) is 59.3 cm³/mol. The highest BCUT2D eigenvalue weighted by atomic mass is 35.5. The topological polar surface area (TPSA) is 0 Å². The Bertz CT molecular complexity index is 325. The first-order valence-electron chi connectivity index (χ1n) is 5.15. The van der Waals surface area contributed by atoms with Gasteiger partial charge in [0.15, 0.2) is 0 Å². The molecule has 0 aliphatic heterocycles. The normalized spacial score (nSPS) is 15.0. The van der Waals surface area contributed by atoms with E-state index in [1.807, 2.05) is 13.8 Å². The summed E-state index contributed by atoms with van der Waals surface area (Å²) in [7, 11) is 0. The number of alkyl halides is 1. The first-order chi connectivity index (χ1) is 7.06. The van der Waals surface area contributed by atoms with Crippen LogP contribution in [0.1, 0.15) is 38.2 Å². The van der Waals surface area contributed by atoms with Crippen LogP contribution in [-0.4, -0.2) is 5.38 Å². The van der Waals surface area contributed by atoms with Gasteiger partial charge in [-0.3, -0.25) is 0 Å². The summed E-state index contributed by atoms with van der Waals surface area (Å²) in [6, 6.07) is 3.50. The Labute approximate surface area is 94.3 Å². The molecule has 1 aromatic rings. The first-order valence-corrected chi connectivity index (χ1v) is 5.59. The summed E-state index contributed by atoms with van der Waals surface area (Å²) in [6.45, 7) is 3.84. The molecule has 0 amide bonds. The Balaban J connectivity index is 2.89. The zero-order valence-electron chi connectivity index (χ0n) is 8.93. The fourth-order valence-corrected chi connectivity index (χ4v) is 1.94. The summed E-state index contributed by atoms with van der Waals surface area (Å²) in [4.78, 5) is 0. The van der Waals surface area contributed by atoms with Crippen molar-refractivity contribution < 1.29 is 8.78 Å². The molecule has 0 bridgehead atoms.